The van der Waals surface area contributed by atoms with Gasteiger partial charge in [-0.3, -0.25) is 0 Å². The van der Waals surface area contributed by atoms with E-state index in [1.165, 1.54) is 6.07 Å². The van der Waals surface area contributed by atoms with Crippen LogP contribution in [0.15, 0.2) is 53.1 Å². The quantitative estimate of drug-likeness (QED) is 0.796. The molecule has 1 aromatic heterocycles. The molecule has 0 unspecified atom stereocenters. The molecule has 0 aliphatic rings. The van der Waals surface area contributed by atoms with E-state index in [0.717, 1.165) is 11.3 Å². The van der Waals surface area contributed by atoms with Gasteiger partial charge >= 0.3 is 0 Å². The number of methoxy groups -OCH3 is 1. The lowest BCUT2D eigenvalue weighted by atomic mass is 10.0. The molecule has 5 heteroatoms. The van der Waals surface area contributed by atoms with Crippen LogP contribution in [0.1, 0.15) is 0 Å². The summed E-state index contributed by atoms with van der Waals surface area (Å²) in [6, 6.07) is 13.6. The van der Waals surface area contributed by atoms with Crippen LogP contribution in [0.25, 0.3) is 22.4 Å². The molecule has 0 spiro atoms. The smallest absolute Gasteiger partial charge is 0.230 e. The van der Waals surface area contributed by atoms with Crippen molar-refractivity contribution >= 4 is 5.88 Å². The molecule has 3 aromatic rings. The molecule has 0 atom stereocenters. The van der Waals surface area contributed by atoms with Crippen LogP contribution in [-0.4, -0.2) is 12.3 Å². The van der Waals surface area contributed by atoms with Gasteiger partial charge < -0.3 is 15.0 Å². The first kappa shape index (κ1) is 13.2. The van der Waals surface area contributed by atoms with E-state index in [1.807, 2.05) is 12.1 Å². The number of ether oxygens (including phenoxy) is 1. The fraction of sp³-hybridized carbons (Fsp3) is 0.0625. The van der Waals surface area contributed by atoms with E-state index in [2.05, 4.69) is 5.16 Å². The molecule has 4 nitrogen and oxygen atoms in total. The average molecular weight is 284 g/mol. The average Bonchev–Trinajstić information content (AvgIpc) is 2.89. The standard InChI is InChI=1S/C16H13FN2O2/c1-20-11-8-6-10(7-9-11)14-15(19-21-16(14)18)12-4-2-3-5-13(12)17/h2-9H,18H2,1H3. The Labute approximate surface area is 120 Å². The van der Waals surface area contributed by atoms with E-state index in [4.69, 9.17) is 15.0 Å². The first-order valence-electron chi connectivity index (χ1n) is 6.35. The predicted molar refractivity (Wildman–Crippen MR) is 78.3 cm³/mol. The molecular formula is C16H13FN2O2. The number of hydrogen-bond acceptors (Lipinski definition) is 4. The Morgan fingerprint density at radius 1 is 1.10 bits per heavy atom. The van der Waals surface area contributed by atoms with Crippen LogP contribution < -0.4 is 10.5 Å². The van der Waals surface area contributed by atoms with Gasteiger partial charge in [-0.15, -0.1) is 0 Å². The number of benzene rings is 2. The topological polar surface area (TPSA) is 61.3 Å². The summed E-state index contributed by atoms with van der Waals surface area (Å²) in [5.74, 6) is 0.500. The molecule has 0 aliphatic heterocycles. The molecule has 0 aliphatic carbocycles. The van der Waals surface area contributed by atoms with Crippen molar-refractivity contribution in [2.24, 2.45) is 0 Å². The Morgan fingerprint density at radius 3 is 2.48 bits per heavy atom. The normalized spacial score (nSPS) is 10.6. The van der Waals surface area contributed by atoms with Crippen LogP contribution in [0.2, 0.25) is 0 Å². The number of rotatable bonds is 3. The molecule has 1 heterocycles. The summed E-state index contributed by atoms with van der Waals surface area (Å²) in [5.41, 5.74) is 7.94. The van der Waals surface area contributed by atoms with Gasteiger partial charge in [0, 0.05) is 5.56 Å². The summed E-state index contributed by atoms with van der Waals surface area (Å²) in [6.45, 7) is 0. The van der Waals surface area contributed by atoms with Gasteiger partial charge in [0.1, 0.15) is 17.3 Å². The first-order valence-corrected chi connectivity index (χ1v) is 6.35. The molecule has 0 amide bonds. The van der Waals surface area contributed by atoms with Gasteiger partial charge in [-0.2, -0.15) is 0 Å². The second-order valence-electron chi connectivity index (χ2n) is 4.48. The van der Waals surface area contributed by atoms with Crippen molar-refractivity contribution in [3.8, 4) is 28.1 Å². The number of nitrogens with two attached hydrogens (primary N) is 1. The highest BCUT2D eigenvalue weighted by atomic mass is 19.1. The van der Waals surface area contributed by atoms with E-state index < -0.39 is 0 Å². The van der Waals surface area contributed by atoms with Gasteiger partial charge in [-0.25, -0.2) is 4.39 Å². The Bertz CT molecular complexity index is 766. The summed E-state index contributed by atoms with van der Waals surface area (Å²) >= 11 is 0. The summed E-state index contributed by atoms with van der Waals surface area (Å²) in [7, 11) is 1.59. The number of nitrogens with zero attached hydrogens (tertiary/aromatic N) is 1. The number of nitrogen functional groups attached to an aromatic ring is 1. The minimum atomic E-state index is -0.374. The second kappa shape index (κ2) is 5.28. The van der Waals surface area contributed by atoms with Crippen molar-refractivity contribution in [1.82, 2.24) is 5.16 Å². The molecule has 0 bridgehead atoms. The van der Waals surface area contributed by atoms with Crippen molar-refractivity contribution in [3.05, 3.63) is 54.3 Å². The van der Waals surface area contributed by atoms with Crippen LogP contribution in [0.3, 0.4) is 0 Å². The number of anilines is 1. The minimum absolute atomic E-state index is 0.151. The van der Waals surface area contributed by atoms with E-state index in [1.54, 1.807) is 37.4 Å². The monoisotopic (exact) mass is 284 g/mol. The van der Waals surface area contributed by atoms with Crippen molar-refractivity contribution in [2.75, 3.05) is 12.8 Å². The highest BCUT2D eigenvalue weighted by Crippen LogP contribution is 2.37. The van der Waals surface area contributed by atoms with E-state index in [9.17, 15) is 4.39 Å². The van der Waals surface area contributed by atoms with Crippen molar-refractivity contribution in [3.63, 3.8) is 0 Å². The minimum Gasteiger partial charge on any atom is -0.497 e. The van der Waals surface area contributed by atoms with E-state index in [-0.39, 0.29) is 11.7 Å². The second-order valence-corrected chi connectivity index (χ2v) is 4.48. The van der Waals surface area contributed by atoms with E-state index >= 15 is 0 Å². The maximum Gasteiger partial charge on any atom is 0.230 e. The Balaban J connectivity index is 2.15. The molecule has 3 rings (SSSR count). The van der Waals surface area contributed by atoms with Gasteiger partial charge in [-0.1, -0.05) is 29.4 Å². The van der Waals surface area contributed by atoms with Gasteiger partial charge in [-0.05, 0) is 29.8 Å². The molecule has 2 aromatic carbocycles. The summed E-state index contributed by atoms with van der Waals surface area (Å²) in [5, 5.41) is 3.89. The molecule has 0 saturated heterocycles. The molecule has 0 radical (unpaired) electrons. The lowest BCUT2D eigenvalue weighted by Gasteiger charge is -2.05. The number of halogens is 1. The third kappa shape index (κ3) is 2.33. The van der Waals surface area contributed by atoms with Gasteiger partial charge in [0.05, 0.1) is 12.7 Å². The third-order valence-electron chi connectivity index (χ3n) is 3.23. The van der Waals surface area contributed by atoms with Crippen LogP contribution in [0.5, 0.6) is 5.75 Å². The maximum absolute atomic E-state index is 14.0. The molecule has 106 valence electrons. The van der Waals surface area contributed by atoms with Crippen LogP contribution >= 0.6 is 0 Å². The molecule has 21 heavy (non-hydrogen) atoms. The first-order chi connectivity index (χ1) is 10.2. The number of aromatic nitrogens is 1. The van der Waals surface area contributed by atoms with Crippen molar-refractivity contribution in [2.45, 2.75) is 0 Å². The summed E-state index contributed by atoms with van der Waals surface area (Å²) in [6.07, 6.45) is 0. The summed E-state index contributed by atoms with van der Waals surface area (Å²) < 4.78 is 24.1. The Morgan fingerprint density at radius 2 is 1.81 bits per heavy atom. The lowest BCUT2D eigenvalue weighted by Crippen LogP contribution is -1.90. The highest BCUT2D eigenvalue weighted by molar-refractivity contribution is 5.87. The van der Waals surface area contributed by atoms with Crippen LogP contribution in [0, 0.1) is 5.82 Å². The lowest BCUT2D eigenvalue weighted by molar-refractivity contribution is 0.415. The van der Waals surface area contributed by atoms with Crippen molar-refractivity contribution in [1.29, 1.82) is 0 Å². The highest BCUT2D eigenvalue weighted by Gasteiger charge is 2.19. The molecule has 0 fully saturated rings. The van der Waals surface area contributed by atoms with Crippen LogP contribution in [0.4, 0.5) is 10.3 Å². The summed E-state index contributed by atoms with van der Waals surface area (Å²) in [4.78, 5) is 0. The molecule has 0 saturated carbocycles. The van der Waals surface area contributed by atoms with Gasteiger partial charge in [0.15, 0.2) is 0 Å². The largest absolute Gasteiger partial charge is 0.497 e. The van der Waals surface area contributed by atoms with Gasteiger partial charge in [0.25, 0.3) is 0 Å². The van der Waals surface area contributed by atoms with Crippen molar-refractivity contribution < 1.29 is 13.7 Å². The zero-order chi connectivity index (χ0) is 14.8. The maximum atomic E-state index is 14.0. The molecular weight excluding hydrogens is 271 g/mol. The molecule has 2 N–H and O–H groups in total. The van der Waals surface area contributed by atoms with E-state index in [0.29, 0.717) is 16.8 Å². The zero-order valence-corrected chi connectivity index (χ0v) is 11.3. The Kier molecular flexibility index (Phi) is 3.31. The zero-order valence-electron chi connectivity index (χ0n) is 11.3. The van der Waals surface area contributed by atoms with Crippen LogP contribution in [-0.2, 0) is 0 Å². The van der Waals surface area contributed by atoms with Gasteiger partial charge in [0.2, 0.25) is 5.88 Å². The fourth-order valence-electron chi connectivity index (χ4n) is 2.18. The third-order valence-corrected chi connectivity index (χ3v) is 3.23. The Hall–Kier alpha value is -2.82. The SMILES string of the molecule is COc1ccc(-c2c(-c3ccccc3F)noc2N)cc1. The fourth-order valence-corrected chi connectivity index (χ4v) is 2.18. The predicted octanol–water partition coefficient (Wildman–Crippen LogP) is 3.74. The number of hydrogen-bond donors (Lipinski definition) is 1.